The number of hydrogen-bond donors (Lipinski definition) is 0. The molecule has 4 heteroatoms. The van der Waals surface area contributed by atoms with Crippen LogP contribution in [-0.4, -0.2) is 48.2 Å². The SMILES string of the molecule is CC1C=NN(CC(=O)N2CCCC2)C1. The molecule has 4 nitrogen and oxygen atoms in total. The fraction of sp³-hybridized carbons (Fsp3) is 0.800. The summed E-state index contributed by atoms with van der Waals surface area (Å²) in [7, 11) is 0. The molecule has 78 valence electrons. The van der Waals surface area contributed by atoms with E-state index >= 15 is 0 Å². The first-order valence-corrected chi connectivity index (χ1v) is 5.32. The molecular weight excluding hydrogens is 178 g/mol. The number of carbonyl (C=O) groups is 1. The lowest BCUT2D eigenvalue weighted by Gasteiger charge is -2.19. The zero-order valence-electron chi connectivity index (χ0n) is 8.65. The highest BCUT2D eigenvalue weighted by molar-refractivity contribution is 5.79. The maximum absolute atomic E-state index is 11.7. The van der Waals surface area contributed by atoms with Crippen LogP contribution in [0.15, 0.2) is 5.10 Å². The largest absolute Gasteiger partial charge is 0.341 e. The van der Waals surface area contributed by atoms with Crippen molar-refractivity contribution in [3.05, 3.63) is 0 Å². The summed E-state index contributed by atoms with van der Waals surface area (Å²) in [5, 5.41) is 6.06. The normalized spacial score (nSPS) is 26.2. The van der Waals surface area contributed by atoms with E-state index in [-0.39, 0.29) is 5.91 Å². The molecule has 2 aliphatic heterocycles. The van der Waals surface area contributed by atoms with Gasteiger partial charge in [-0.15, -0.1) is 0 Å². The Kier molecular flexibility index (Phi) is 2.70. The van der Waals surface area contributed by atoms with E-state index in [0.717, 1.165) is 32.5 Å². The van der Waals surface area contributed by atoms with Crippen molar-refractivity contribution in [1.82, 2.24) is 9.91 Å². The Bertz CT molecular complexity index is 246. The highest BCUT2D eigenvalue weighted by atomic mass is 16.2. The molecule has 1 saturated heterocycles. The van der Waals surface area contributed by atoms with Crippen molar-refractivity contribution in [2.75, 3.05) is 26.2 Å². The van der Waals surface area contributed by atoms with Crippen molar-refractivity contribution < 1.29 is 4.79 Å². The van der Waals surface area contributed by atoms with Gasteiger partial charge in [0.1, 0.15) is 6.54 Å². The van der Waals surface area contributed by atoms with Crippen molar-refractivity contribution in [2.45, 2.75) is 19.8 Å². The molecule has 2 heterocycles. The lowest BCUT2D eigenvalue weighted by atomic mass is 10.2. The van der Waals surface area contributed by atoms with Crippen LogP contribution in [0.1, 0.15) is 19.8 Å². The molecule has 2 rings (SSSR count). The number of rotatable bonds is 2. The Labute approximate surface area is 84.6 Å². The Morgan fingerprint density at radius 3 is 2.79 bits per heavy atom. The first-order valence-electron chi connectivity index (χ1n) is 5.32. The molecule has 0 aromatic heterocycles. The molecule has 0 N–H and O–H groups in total. The molecule has 1 fully saturated rings. The number of hydrazone groups is 1. The van der Waals surface area contributed by atoms with Gasteiger partial charge in [-0.2, -0.15) is 5.10 Å². The molecule has 0 aromatic rings. The summed E-state index contributed by atoms with van der Waals surface area (Å²) in [6.45, 7) is 5.34. The van der Waals surface area contributed by atoms with Crippen molar-refractivity contribution in [3.8, 4) is 0 Å². The van der Waals surface area contributed by atoms with Crippen molar-refractivity contribution in [1.29, 1.82) is 0 Å². The third-order valence-corrected chi connectivity index (χ3v) is 2.76. The summed E-state index contributed by atoms with van der Waals surface area (Å²) in [4.78, 5) is 13.7. The van der Waals surface area contributed by atoms with Crippen LogP contribution in [0.2, 0.25) is 0 Å². The second kappa shape index (κ2) is 3.98. The van der Waals surface area contributed by atoms with Gasteiger partial charge in [0, 0.05) is 31.8 Å². The van der Waals surface area contributed by atoms with Gasteiger partial charge in [-0.1, -0.05) is 6.92 Å². The third kappa shape index (κ3) is 2.05. The lowest BCUT2D eigenvalue weighted by Crippen LogP contribution is -2.36. The monoisotopic (exact) mass is 195 g/mol. The van der Waals surface area contributed by atoms with Crippen LogP contribution in [0.4, 0.5) is 0 Å². The van der Waals surface area contributed by atoms with Gasteiger partial charge in [-0.25, -0.2) is 0 Å². The van der Waals surface area contributed by atoms with Crippen LogP contribution >= 0.6 is 0 Å². The summed E-state index contributed by atoms with van der Waals surface area (Å²) in [5.41, 5.74) is 0. The van der Waals surface area contributed by atoms with Crippen LogP contribution in [-0.2, 0) is 4.79 Å². The van der Waals surface area contributed by atoms with E-state index in [1.807, 2.05) is 16.1 Å². The second-order valence-corrected chi connectivity index (χ2v) is 4.18. The Morgan fingerprint density at radius 1 is 1.50 bits per heavy atom. The molecule has 0 saturated carbocycles. The smallest absolute Gasteiger partial charge is 0.243 e. The number of amides is 1. The first-order chi connectivity index (χ1) is 6.75. The molecule has 0 aliphatic carbocycles. The average Bonchev–Trinajstić information content (AvgIpc) is 2.75. The van der Waals surface area contributed by atoms with E-state index in [4.69, 9.17) is 0 Å². The maximum atomic E-state index is 11.7. The van der Waals surface area contributed by atoms with Crippen molar-refractivity contribution >= 4 is 12.1 Å². The van der Waals surface area contributed by atoms with E-state index < -0.39 is 0 Å². The molecule has 0 radical (unpaired) electrons. The zero-order chi connectivity index (χ0) is 9.97. The number of likely N-dealkylation sites (tertiary alicyclic amines) is 1. The molecule has 1 unspecified atom stereocenters. The predicted octanol–water partition coefficient (Wildman–Crippen LogP) is 0.546. The molecule has 2 aliphatic rings. The van der Waals surface area contributed by atoms with Gasteiger partial charge in [0.15, 0.2) is 0 Å². The van der Waals surface area contributed by atoms with Gasteiger partial charge in [0.2, 0.25) is 5.91 Å². The fourth-order valence-corrected chi connectivity index (χ4v) is 1.96. The van der Waals surface area contributed by atoms with Crippen LogP contribution in [0.5, 0.6) is 0 Å². The Hall–Kier alpha value is -1.06. The number of carbonyl (C=O) groups excluding carboxylic acids is 1. The van der Waals surface area contributed by atoms with Gasteiger partial charge < -0.3 is 4.90 Å². The van der Waals surface area contributed by atoms with Crippen molar-refractivity contribution in [3.63, 3.8) is 0 Å². The predicted molar refractivity (Wildman–Crippen MR) is 55.0 cm³/mol. The van der Waals surface area contributed by atoms with Gasteiger partial charge in [0.25, 0.3) is 0 Å². The molecule has 0 bridgehead atoms. The molecule has 1 amide bonds. The average molecular weight is 195 g/mol. The molecule has 0 aromatic carbocycles. The van der Waals surface area contributed by atoms with Crippen LogP contribution in [0, 0.1) is 5.92 Å². The van der Waals surface area contributed by atoms with Crippen LogP contribution in [0.25, 0.3) is 0 Å². The molecule has 1 atom stereocenters. The maximum Gasteiger partial charge on any atom is 0.243 e. The molecule has 0 spiro atoms. The van der Waals surface area contributed by atoms with Gasteiger partial charge >= 0.3 is 0 Å². The zero-order valence-corrected chi connectivity index (χ0v) is 8.65. The lowest BCUT2D eigenvalue weighted by molar-refractivity contribution is -0.131. The summed E-state index contributed by atoms with van der Waals surface area (Å²) in [5.74, 6) is 0.718. The van der Waals surface area contributed by atoms with Gasteiger partial charge in [-0.05, 0) is 12.8 Å². The van der Waals surface area contributed by atoms with Gasteiger partial charge in [0.05, 0.1) is 0 Å². The minimum atomic E-state index is 0.230. The van der Waals surface area contributed by atoms with Crippen LogP contribution < -0.4 is 0 Å². The summed E-state index contributed by atoms with van der Waals surface area (Å²) in [6, 6.07) is 0. The summed E-state index contributed by atoms with van der Waals surface area (Å²) < 4.78 is 0. The second-order valence-electron chi connectivity index (χ2n) is 4.18. The van der Waals surface area contributed by atoms with E-state index in [0.29, 0.717) is 12.5 Å². The third-order valence-electron chi connectivity index (χ3n) is 2.76. The highest BCUT2D eigenvalue weighted by Crippen LogP contribution is 2.10. The topological polar surface area (TPSA) is 35.9 Å². The molecule has 14 heavy (non-hydrogen) atoms. The van der Waals surface area contributed by atoms with E-state index in [1.165, 1.54) is 0 Å². The van der Waals surface area contributed by atoms with E-state index in [9.17, 15) is 4.79 Å². The highest BCUT2D eigenvalue weighted by Gasteiger charge is 2.22. The number of nitrogens with zero attached hydrogens (tertiary/aromatic N) is 3. The summed E-state index contributed by atoms with van der Waals surface area (Å²) in [6.07, 6.45) is 4.23. The number of hydrogen-bond acceptors (Lipinski definition) is 3. The Balaban J connectivity index is 1.79. The van der Waals surface area contributed by atoms with Crippen molar-refractivity contribution in [2.24, 2.45) is 11.0 Å². The quantitative estimate of drug-likeness (QED) is 0.645. The van der Waals surface area contributed by atoms with E-state index in [1.54, 1.807) is 0 Å². The minimum Gasteiger partial charge on any atom is -0.341 e. The Morgan fingerprint density at radius 2 is 2.21 bits per heavy atom. The first kappa shape index (κ1) is 9.49. The standard InChI is InChI=1S/C10H17N3O/c1-9-6-11-13(7-9)8-10(14)12-4-2-3-5-12/h6,9H,2-5,7-8H2,1H3. The fourth-order valence-electron chi connectivity index (χ4n) is 1.96. The van der Waals surface area contributed by atoms with Crippen LogP contribution in [0.3, 0.4) is 0 Å². The summed E-state index contributed by atoms with van der Waals surface area (Å²) >= 11 is 0. The van der Waals surface area contributed by atoms with E-state index in [2.05, 4.69) is 12.0 Å². The van der Waals surface area contributed by atoms with Gasteiger partial charge in [-0.3, -0.25) is 9.80 Å². The minimum absolute atomic E-state index is 0.230. The molecular formula is C10H17N3O.